The number of hydrogen-bond acceptors (Lipinski definition) is 2. The second-order valence-corrected chi connectivity index (χ2v) is 15.9. The van der Waals surface area contributed by atoms with Gasteiger partial charge in [-0.1, -0.05) is 56.2 Å². The molecule has 98 valence electrons. The minimum atomic E-state index is -1.40. The van der Waals surface area contributed by atoms with Gasteiger partial charge in [0.25, 0.3) is 0 Å². The molecule has 1 atom stereocenters. The fourth-order valence-electron chi connectivity index (χ4n) is 2.05. The van der Waals surface area contributed by atoms with Gasteiger partial charge in [0.05, 0.1) is 14.7 Å². The van der Waals surface area contributed by atoms with E-state index in [1.54, 1.807) is 12.3 Å². The third-order valence-electron chi connectivity index (χ3n) is 3.43. The Balaban J connectivity index is 2.63. The average Bonchev–Trinajstić information content (AvgIpc) is 2.66. The molecule has 0 amide bonds. The van der Waals surface area contributed by atoms with E-state index in [1.165, 1.54) is 0 Å². The molecule has 4 heteroatoms. The van der Waals surface area contributed by atoms with Gasteiger partial charge in [-0.25, -0.2) is 0 Å². The Labute approximate surface area is 108 Å². The first kappa shape index (κ1) is 14.9. The first-order valence-corrected chi connectivity index (χ1v) is 13.0. The zero-order valence-corrected chi connectivity index (χ0v) is 14.1. The van der Waals surface area contributed by atoms with Crippen LogP contribution in [0.4, 0.5) is 0 Å². The van der Waals surface area contributed by atoms with Crippen LogP contribution < -0.4 is 4.98 Å². The highest BCUT2D eigenvalue weighted by molar-refractivity contribution is 6.84. The van der Waals surface area contributed by atoms with E-state index in [1.807, 2.05) is 0 Å². The summed E-state index contributed by atoms with van der Waals surface area (Å²) in [5.74, 6) is 0. The molecule has 0 spiro atoms. The van der Waals surface area contributed by atoms with Crippen LogP contribution in [0.15, 0.2) is 23.4 Å². The minimum Gasteiger partial charge on any atom is -0.383 e. The van der Waals surface area contributed by atoms with E-state index in [9.17, 15) is 0 Å². The average molecular weight is 270 g/mol. The van der Waals surface area contributed by atoms with Crippen molar-refractivity contribution in [3.8, 4) is 0 Å². The lowest BCUT2D eigenvalue weighted by Gasteiger charge is -2.28. The summed E-state index contributed by atoms with van der Waals surface area (Å²) in [6, 6.07) is 0. The molecule has 17 heavy (non-hydrogen) atoms. The van der Waals surface area contributed by atoms with Crippen molar-refractivity contribution in [3.63, 3.8) is 0 Å². The zero-order valence-electron chi connectivity index (χ0n) is 12.1. The van der Waals surface area contributed by atoms with E-state index in [-0.39, 0.29) is 0 Å². The fourth-order valence-corrected chi connectivity index (χ4v) is 5.65. The first-order valence-electron chi connectivity index (χ1n) is 6.42. The third kappa shape index (κ3) is 4.21. The quantitative estimate of drug-likeness (QED) is 0.591. The monoisotopic (exact) mass is 269 g/mol. The van der Waals surface area contributed by atoms with Crippen LogP contribution >= 0.6 is 0 Å². The Bertz CT molecular complexity index is 316. The number of rotatable bonds is 6. The van der Waals surface area contributed by atoms with Crippen LogP contribution in [0, 0.1) is 0 Å². The summed E-state index contributed by atoms with van der Waals surface area (Å²) < 4.78 is 5.11. The van der Waals surface area contributed by atoms with Gasteiger partial charge < -0.3 is 9.72 Å². The highest BCUT2D eigenvalue weighted by Crippen LogP contribution is 2.33. The molecule has 0 aromatic rings. The number of nitrogens with one attached hydrogen (secondary N) is 1. The van der Waals surface area contributed by atoms with Gasteiger partial charge in [0.15, 0.2) is 0 Å². The van der Waals surface area contributed by atoms with Crippen LogP contribution in [0.3, 0.4) is 0 Å². The Morgan fingerprint density at radius 3 is 2.35 bits per heavy atom. The van der Waals surface area contributed by atoms with Crippen molar-refractivity contribution in [2.24, 2.45) is 0 Å². The maximum absolute atomic E-state index is 5.11. The summed E-state index contributed by atoms with van der Waals surface area (Å²) in [5, 5.41) is 1.61. The summed E-state index contributed by atoms with van der Waals surface area (Å²) in [6.07, 6.45) is 7.28. The van der Waals surface area contributed by atoms with Gasteiger partial charge in [-0.15, -0.1) is 0 Å². The van der Waals surface area contributed by atoms with Crippen molar-refractivity contribution in [1.82, 2.24) is 4.98 Å². The molecular formula is C13H27NOSi2. The van der Waals surface area contributed by atoms with Crippen LogP contribution in [0.5, 0.6) is 0 Å². The second-order valence-electron chi connectivity index (χ2n) is 6.40. The lowest BCUT2D eigenvalue weighted by molar-refractivity contribution is 0.204. The third-order valence-corrected chi connectivity index (χ3v) is 8.68. The number of hydrogen-bond donors (Lipinski definition) is 1. The molecule has 1 aliphatic carbocycles. The highest BCUT2D eigenvalue weighted by atomic mass is 28.3. The molecule has 0 aliphatic heterocycles. The van der Waals surface area contributed by atoms with E-state index in [2.05, 4.69) is 55.9 Å². The maximum atomic E-state index is 5.11. The van der Waals surface area contributed by atoms with Gasteiger partial charge in [0.2, 0.25) is 0 Å². The van der Waals surface area contributed by atoms with E-state index in [4.69, 9.17) is 4.74 Å². The Morgan fingerprint density at radius 2 is 1.88 bits per heavy atom. The van der Waals surface area contributed by atoms with E-state index in [0.29, 0.717) is 5.54 Å². The van der Waals surface area contributed by atoms with Crippen LogP contribution in [-0.4, -0.2) is 36.6 Å². The zero-order chi connectivity index (χ0) is 13.1. The molecule has 0 heterocycles. The Morgan fingerprint density at radius 1 is 1.24 bits per heavy atom. The molecule has 0 fully saturated rings. The van der Waals surface area contributed by atoms with Gasteiger partial charge in [-0.3, -0.25) is 0 Å². The van der Waals surface area contributed by atoms with Crippen molar-refractivity contribution in [1.29, 1.82) is 0 Å². The predicted molar refractivity (Wildman–Crippen MR) is 81.7 cm³/mol. The highest BCUT2D eigenvalue weighted by Gasteiger charge is 2.32. The molecule has 1 N–H and O–H groups in total. The molecule has 1 aliphatic rings. The van der Waals surface area contributed by atoms with E-state index >= 15 is 0 Å². The number of ether oxygens (including phenoxy) is 1. The van der Waals surface area contributed by atoms with Gasteiger partial charge >= 0.3 is 0 Å². The van der Waals surface area contributed by atoms with Crippen LogP contribution in [0.1, 0.15) is 0 Å². The normalized spacial score (nSPS) is 20.8. The maximum Gasteiger partial charge on any atom is 0.130 e. The molecule has 0 aromatic carbocycles. The number of allylic oxidation sites excluding steroid dienone is 4. The van der Waals surface area contributed by atoms with Crippen molar-refractivity contribution < 1.29 is 4.74 Å². The summed E-state index contributed by atoms with van der Waals surface area (Å²) in [7, 11) is -0.779. The SMILES string of the molecule is COCCN[Si](C)(C)C1C=CC([Si](C)(C)C)=C1. The first-order chi connectivity index (χ1) is 7.77. The van der Waals surface area contributed by atoms with Gasteiger partial charge in [0, 0.05) is 19.2 Å². The van der Waals surface area contributed by atoms with E-state index < -0.39 is 16.3 Å². The van der Waals surface area contributed by atoms with Crippen molar-refractivity contribution in [2.75, 3.05) is 20.3 Å². The largest absolute Gasteiger partial charge is 0.383 e. The standard InChI is InChI=1S/C13H27NOSi2/c1-15-10-9-14-17(5,6)13-8-7-12(11-13)16(2,3)4/h7-8,11,13-14H,9-10H2,1-6H3. The molecule has 0 saturated carbocycles. The van der Waals surface area contributed by atoms with Crippen molar-refractivity contribution >= 4 is 16.3 Å². The van der Waals surface area contributed by atoms with Crippen LogP contribution in [0.25, 0.3) is 0 Å². The number of methoxy groups -OCH3 is 1. The fraction of sp³-hybridized carbons (Fsp3) is 0.692. The second kappa shape index (κ2) is 5.65. The van der Waals surface area contributed by atoms with Gasteiger partial charge in [-0.05, 0) is 0 Å². The molecule has 0 saturated heterocycles. The lowest BCUT2D eigenvalue weighted by atomic mass is 10.5. The topological polar surface area (TPSA) is 21.3 Å². The summed E-state index contributed by atoms with van der Waals surface area (Å²) in [4.78, 5) is 3.71. The Hall–Kier alpha value is -0.166. The summed E-state index contributed by atoms with van der Waals surface area (Å²) >= 11 is 0. The van der Waals surface area contributed by atoms with Gasteiger partial charge in [0.1, 0.15) is 8.24 Å². The van der Waals surface area contributed by atoms with Crippen molar-refractivity contribution in [3.05, 3.63) is 23.4 Å². The van der Waals surface area contributed by atoms with Crippen molar-refractivity contribution in [2.45, 2.75) is 38.3 Å². The summed E-state index contributed by atoms with van der Waals surface area (Å²) in [5.41, 5.74) is 0.640. The smallest absolute Gasteiger partial charge is 0.130 e. The molecule has 0 bridgehead atoms. The van der Waals surface area contributed by atoms with E-state index in [0.717, 1.165) is 13.2 Å². The molecule has 0 aromatic heterocycles. The Kier molecular flexibility index (Phi) is 4.95. The van der Waals surface area contributed by atoms with Crippen LogP contribution in [0.2, 0.25) is 38.3 Å². The summed E-state index contributed by atoms with van der Waals surface area (Å²) in [6.45, 7) is 13.8. The molecule has 0 radical (unpaired) electrons. The predicted octanol–water partition coefficient (Wildman–Crippen LogP) is 3.17. The molecule has 1 unspecified atom stereocenters. The molecule has 2 nitrogen and oxygen atoms in total. The van der Waals surface area contributed by atoms with Gasteiger partial charge in [-0.2, -0.15) is 0 Å². The lowest BCUT2D eigenvalue weighted by Crippen LogP contribution is -2.49. The van der Waals surface area contributed by atoms with Crippen LogP contribution in [-0.2, 0) is 4.74 Å². The molecule has 1 rings (SSSR count). The minimum absolute atomic E-state index is 0.640. The molecular weight excluding hydrogens is 242 g/mol.